The molecule has 0 radical (unpaired) electrons. The zero-order valence-electron chi connectivity index (χ0n) is 5.13. The second-order valence-corrected chi connectivity index (χ2v) is 1.06. The fraction of sp³-hybridized carbons (Fsp3) is 1.00. The molecule has 0 saturated carbocycles. The summed E-state index contributed by atoms with van der Waals surface area (Å²) in [5, 5.41) is 16.2. The Morgan fingerprint density at radius 2 is 1.22 bits per heavy atom. The lowest BCUT2D eigenvalue weighted by Gasteiger charge is -1.94. The molecule has 6 N–H and O–H groups in total. The lowest BCUT2D eigenvalue weighted by Crippen LogP contribution is -2.03. The third-order valence-corrected chi connectivity index (χ3v) is 0.471. The lowest BCUT2D eigenvalue weighted by molar-refractivity contribution is 0.0650. The van der Waals surface area contributed by atoms with Gasteiger partial charge in [0.25, 0.3) is 0 Å². The van der Waals surface area contributed by atoms with Gasteiger partial charge >= 0.3 is 0 Å². The van der Waals surface area contributed by atoms with Crippen LogP contribution in [-0.2, 0) is 4.74 Å². The van der Waals surface area contributed by atoms with E-state index in [0.29, 0.717) is 13.2 Å². The van der Waals surface area contributed by atoms with Gasteiger partial charge in [-0.05, 0) is 0 Å². The van der Waals surface area contributed by atoms with Crippen LogP contribution in [0.15, 0.2) is 0 Å². The molecule has 0 aromatic carbocycles. The monoisotopic (exact) mass is 142 g/mol. The van der Waals surface area contributed by atoms with Crippen molar-refractivity contribution in [3.8, 4) is 0 Å². The number of hydrogen-bond donors (Lipinski definition) is 2. The van der Waals surface area contributed by atoms with Crippen molar-refractivity contribution in [2.75, 3.05) is 26.4 Å². The summed E-state index contributed by atoms with van der Waals surface area (Å²) in [6.07, 6.45) is 0. The highest BCUT2D eigenvalue weighted by molar-refractivity contribution is 4.24. The molecule has 0 bridgehead atoms. The van der Waals surface area contributed by atoms with E-state index in [1.807, 2.05) is 0 Å². The molecule has 60 valence electrons. The molecule has 5 heteroatoms. The van der Waals surface area contributed by atoms with E-state index in [9.17, 15) is 0 Å². The van der Waals surface area contributed by atoms with E-state index in [-0.39, 0.29) is 24.2 Å². The third-order valence-electron chi connectivity index (χ3n) is 0.471. The first-order chi connectivity index (χ1) is 3.41. The predicted molar refractivity (Wildman–Crippen MR) is 32.2 cm³/mol. The average molecular weight is 142 g/mol. The molecule has 9 heavy (non-hydrogen) atoms. The van der Waals surface area contributed by atoms with Crippen LogP contribution in [0.3, 0.4) is 0 Å². The average Bonchev–Trinajstić information content (AvgIpc) is 1.69. The van der Waals surface area contributed by atoms with E-state index in [2.05, 4.69) is 4.74 Å². The van der Waals surface area contributed by atoms with Crippen LogP contribution in [0.5, 0.6) is 0 Å². The van der Waals surface area contributed by atoms with Gasteiger partial charge in [-0.25, -0.2) is 0 Å². The summed E-state index contributed by atoms with van der Waals surface area (Å²) < 4.78 is 4.63. The highest BCUT2D eigenvalue weighted by Crippen LogP contribution is 1.68. The number of hydrogen-bond acceptors (Lipinski definition) is 3. The topological polar surface area (TPSA) is 113 Å². The van der Waals surface area contributed by atoms with Crippen molar-refractivity contribution < 1.29 is 25.9 Å². The van der Waals surface area contributed by atoms with Crippen molar-refractivity contribution in [1.29, 1.82) is 0 Å². The molecule has 0 aliphatic carbocycles. The van der Waals surface area contributed by atoms with Gasteiger partial charge in [0.1, 0.15) is 0 Å². The maximum atomic E-state index is 8.09. The standard InChI is InChI=1S/C4H10O3.2H2O/c5-1-3-7-4-2-6;;/h5-6H,1-4H2;2*1H2. The van der Waals surface area contributed by atoms with E-state index in [1.54, 1.807) is 0 Å². The fourth-order valence-corrected chi connectivity index (χ4v) is 0.231. The Bertz CT molecular complexity index is 28.1. The number of aliphatic hydroxyl groups is 2. The molecule has 0 amide bonds. The molecule has 0 unspecified atom stereocenters. The smallest absolute Gasteiger partial charge is 0.0698 e. The maximum absolute atomic E-state index is 8.09. The Hall–Kier alpha value is -0.200. The zero-order chi connectivity index (χ0) is 5.54. The SMILES string of the molecule is O.O.OCCOCCO. The number of rotatable bonds is 4. The minimum atomic E-state index is 0. The van der Waals surface area contributed by atoms with Crippen LogP contribution in [0.2, 0.25) is 0 Å². The van der Waals surface area contributed by atoms with E-state index in [0.717, 1.165) is 0 Å². The summed E-state index contributed by atoms with van der Waals surface area (Å²) in [4.78, 5) is 0. The minimum absolute atomic E-state index is 0. The van der Waals surface area contributed by atoms with Gasteiger partial charge < -0.3 is 25.9 Å². The van der Waals surface area contributed by atoms with Gasteiger partial charge in [-0.1, -0.05) is 0 Å². The largest absolute Gasteiger partial charge is 0.412 e. The van der Waals surface area contributed by atoms with Gasteiger partial charge in [-0.2, -0.15) is 0 Å². The molecular formula is C4H14O5. The summed E-state index contributed by atoms with van der Waals surface area (Å²) >= 11 is 0. The Morgan fingerprint density at radius 3 is 1.44 bits per heavy atom. The van der Waals surface area contributed by atoms with Crippen LogP contribution in [0, 0.1) is 0 Å². The minimum Gasteiger partial charge on any atom is -0.412 e. The fourth-order valence-electron chi connectivity index (χ4n) is 0.231. The van der Waals surface area contributed by atoms with Gasteiger partial charge in [-0.15, -0.1) is 0 Å². The summed E-state index contributed by atoms with van der Waals surface area (Å²) in [5.41, 5.74) is 0. The van der Waals surface area contributed by atoms with Crippen molar-refractivity contribution in [3.63, 3.8) is 0 Å². The summed E-state index contributed by atoms with van der Waals surface area (Å²) in [6, 6.07) is 0. The molecule has 0 fully saturated rings. The van der Waals surface area contributed by atoms with Gasteiger partial charge in [0.05, 0.1) is 26.4 Å². The molecular weight excluding hydrogens is 128 g/mol. The van der Waals surface area contributed by atoms with Crippen molar-refractivity contribution in [2.24, 2.45) is 0 Å². The van der Waals surface area contributed by atoms with Crippen molar-refractivity contribution in [3.05, 3.63) is 0 Å². The molecule has 0 heterocycles. The van der Waals surface area contributed by atoms with Crippen molar-refractivity contribution in [2.45, 2.75) is 0 Å². The van der Waals surface area contributed by atoms with Crippen LogP contribution < -0.4 is 0 Å². The van der Waals surface area contributed by atoms with Gasteiger partial charge in [-0.3, -0.25) is 0 Å². The van der Waals surface area contributed by atoms with Gasteiger partial charge in [0, 0.05) is 0 Å². The van der Waals surface area contributed by atoms with E-state index in [4.69, 9.17) is 10.2 Å². The summed E-state index contributed by atoms with van der Waals surface area (Å²) in [5.74, 6) is 0. The quantitative estimate of drug-likeness (QED) is 0.417. The van der Waals surface area contributed by atoms with Crippen LogP contribution in [0.1, 0.15) is 0 Å². The molecule has 0 aliphatic heterocycles. The molecule has 0 aromatic rings. The molecule has 0 saturated heterocycles. The Morgan fingerprint density at radius 1 is 0.889 bits per heavy atom. The van der Waals surface area contributed by atoms with Crippen LogP contribution in [0.25, 0.3) is 0 Å². The summed E-state index contributed by atoms with van der Waals surface area (Å²) in [7, 11) is 0. The maximum Gasteiger partial charge on any atom is 0.0698 e. The highest BCUT2D eigenvalue weighted by atomic mass is 16.5. The van der Waals surface area contributed by atoms with E-state index < -0.39 is 0 Å². The molecule has 0 rings (SSSR count). The lowest BCUT2D eigenvalue weighted by atomic mass is 10.7. The molecule has 0 atom stereocenters. The second-order valence-electron chi connectivity index (χ2n) is 1.06. The van der Waals surface area contributed by atoms with E-state index >= 15 is 0 Å². The van der Waals surface area contributed by atoms with Crippen LogP contribution in [-0.4, -0.2) is 47.6 Å². The normalized spacial score (nSPS) is 7.33. The van der Waals surface area contributed by atoms with Crippen LogP contribution >= 0.6 is 0 Å². The Kier molecular flexibility index (Phi) is 27.7. The predicted octanol–water partition coefficient (Wildman–Crippen LogP) is -2.66. The third kappa shape index (κ3) is 18.2. The Labute approximate surface area is 53.5 Å². The second kappa shape index (κ2) is 15.7. The zero-order valence-corrected chi connectivity index (χ0v) is 5.13. The first-order valence-electron chi connectivity index (χ1n) is 2.21. The Balaban J connectivity index is -0.000000180. The highest BCUT2D eigenvalue weighted by Gasteiger charge is 1.79. The van der Waals surface area contributed by atoms with Gasteiger partial charge in [0.2, 0.25) is 0 Å². The van der Waals surface area contributed by atoms with Crippen LogP contribution in [0.4, 0.5) is 0 Å². The number of ether oxygens (including phenoxy) is 1. The molecule has 0 spiro atoms. The molecule has 5 nitrogen and oxygen atoms in total. The van der Waals surface area contributed by atoms with Gasteiger partial charge in [0.15, 0.2) is 0 Å². The first-order valence-corrected chi connectivity index (χ1v) is 2.21. The molecule has 0 aromatic heterocycles. The molecule has 0 aliphatic rings. The van der Waals surface area contributed by atoms with E-state index in [1.165, 1.54) is 0 Å². The van der Waals surface area contributed by atoms with Crippen molar-refractivity contribution >= 4 is 0 Å². The van der Waals surface area contributed by atoms with Crippen molar-refractivity contribution in [1.82, 2.24) is 0 Å². The number of aliphatic hydroxyl groups excluding tert-OH is 2. The summed E-state index contributed by atoms with van der Waals surface area (Å²) in [6.45, 7) is 0.696. The first kappa shape index (κ1) is 15.9.